The largest absolute Gasteiger partial charge is 0.497 e. The third kappa shape index (κ3) is 3.26. The summed E-state index contributed by atoms with van der Waals surface area (Å²) < 4.78 is 10.3. The molecule has 2 aromatic carbocycles. The molecule has 0 aliphatic carbocycles. The van der Waals surface area contributed by atoms with Crippen molar-refractivity contribution in [1.82, 2.24) is 5.32 Å². The predicted molar refractivity (Wildman–Crippen MR) is 93.7 cm³/mol. The second-order valence-corrected chi connectivity index (χ2v) is 5.48. The maximum Gasteiger partial charge on any atom is 0.275 e. The monoisotopic (exact) mass is 342 g/mol. The number of nitrogens with one attached hydrogen (secondary N) is 1. The summed E-state index contributed by atoms with van der Waals surface area (Å²) in [6.07, 6.45) is 1.67. The molecule has 24 heavy (non-hydrogen) atoms. The molecule has 0 aromatic heterocycles. The molecule has 0 unspecified atom stereocenters. The molecule has 0 spiro atoms. The van der Waals surface area contributed by atoms with Crippen molar-refractivity contribution in [1.29, 1.82) is 0 Å². The van der Waals surface area contributed by atoms with E-state index in [0.717, 1.165) is 11.1 Å². The van der Waals surface area contributed by atoms with E-state index in [-0.39, 0.29) is 5.91 Å². The molecule has 0 bridgehead atoms. The van der Waals surface area contributed by atoms with Gasteiger partial charge in [-0.1, -0.05) is 29.8 Å². The van der Waals surface area contributed by atoms with Crippen molar-refractivity contribution in [2.45, 2.75) is 0 Å². The van der Waals surface area contributed by atoms with Gasteiger partial charge in [-0.15, -0.1) is 0 Å². The fraction of sp³-hybridized carbons (Fsp3) is 0.111. The summed E-state index contributed by atoms with van der Waals surface area (Å²) in [5, 5.41) is 3.23. The number of benzene rings is 2. The molecule has 5 nitrogen and oxygen atoms in total. The van der Waals surface area contributed by atoms with Gasteiger partial charge in [0.05, 0.1) is 19.2 Å². The van der Waals surface area contributed by atoms with Gasteiger partial charge < -0.3 is 14.8 Å². The van der Waals surface area contributed by atoms with Crippen LogP contribution in [0.3, 0.4) is 0 Å². The van der Waals surface area contributed by atoms with Gasteiger partial charge in [0.25, 0.3) is 5.91 Å². The van der Waals surface area contributed by atoms with Crippen molar-refractivity contribution < 1.29 is 14.3 Å². The Morgan fingerprint density at radius 3 is 2.67 bits per heavy atom. The molecule has 1 N–H and O–H groups in total. The maximum absolute atomic E-state index is 12.1. The van der Waals surface area contributed by atoms with Crippen LogP contribution in [0, 0.1) is 0 Å². The zero-order valence-corrected chi connectivity index (χ0v) is 13.9. The van der Waals surface area contributed by atoms with Gasteiger partial charge in [-0.25, -0.2) is 4.99 Å². The van der Waals surface area contributed by atoms with Gasteiger partial charge in [0.2, 0.25) is 0 Å². The predicted octanol–water partition coefficient (Wildman–Crippen LogP) is 3.27. The molecule has 1 heterocycles. The minimum absolute atomic E-state index is 0.264. The molecular formula is C18H15ClN2O3. The van der Waals surface area contributed by atoms with Crippen molar-refractivity contribution in [3.63, 3.8) is 0 Å². The molecule has 0 atom stereocenters. The Morgan fingerprint density at radius 1 is 1.12 bits per heavy atom. The first-order valence-corrected chi connectivity index (χ1v) is 7.58. The summed E-state index contributed by atoms with van der Waals surface area (Å²) in [6.45, 7) is 0. The smallest absolute Gasteiger partial charge is 0.275 e. The van der Waals surface area contributed by atoms with E-state index >= 15 is 0 Å². The Labute approximate surface area is 144 Å². The second kappa shape index (κ2) is 6.76. The van der Waals surface area contributed by atoms with Crippen LogP contribution in [0.1, 0.15) is 11.1 Å². The summed E-state index contributed by atoms with van der Waals surface area (Å²) in [4.78, 5) is 16.5. The van der Waals surface area contributed by atoms with E-state index in [2.05, 4.69) is 10.3 Å². The van der Waals surface area contributed by atoms with Crippen LogP contribution in [0.2, 0.25) is 5.02 Å². The Balaban J connectivity index is 1.92. The minimum Gasteiger partial charge on any atom is -0.497 e. The third-order valence-corrected chi connectivity index (χ3v) is 3.81. The highest BCUT2D eigenvalue weighted by molar-refractivity contribution is 6.32. The zero-order valence-electron chi connectivity index (χ0n) is 13.2. The van der Waals surface area contributed by atoms with Crippen molar-refractivity contribution in [3.05, 3.63) is 64.3 Å². The van der Waals surface area contributed by atoms with Crippen LogP contribution in [0.5, 0.6) is 11.5 Å². The topological polar surface area (TPSA) is 59.9 Å². The van der Waals surface area contributed by atoms with Crippen LogP contribution in [0.15, 0.2) is 53.2 Å². The fourth-order valence-corrected chi connectivity index (χ4v) is 2.57. The number of carbonyl (C=O) groups excluding carboxylic acids is 1. The second-order valence-electron chi connectivity index (χ2n) is 5.07. The van der Waals surface area contributed by atoms with E-state index in [1.807, 2.05) is 30.3 Å². The van der Waals surface area contributed by atoms with Crippen molar-refractivity contribution >= 4 is 29.4 Å². The summed E-state index contributed by atoms with van der Waals surface area (Å²) in [5.41, 5.74) is 1.86. The summed E-state index contributed by atoms with van der Waals surface area (Å²) >= 11 is 6.10. The number of carbonyl (C=O) groups is 1. The van der Waals surface area contributed by atoms with Crippen molar-refractivity contribution in [2.75, 3.05) is 14.2 Å². The SMILES string of the molecule is COc1cccc(C2=N/C(=C/c3ccc(OC)c(Cl)c3)C(=O)N2)c1. The molecule has 0 radical (unpaired) electrons. The normalized spacial score (nSPS) is 15.2. The molecule has 3 rings (SSSR count). The number of methoxy groups -OCH3 is 2. The van der Waals surface area contributed by atoms with Crippen LogP contribution >= 0.6 is 11.6 Å². The van der Waals surface area contributed by atoms with Gasteiger partial charge in [0.15, 0.2) is 0 Å². The quantitative estimate of drug-likeness (QED) is 0.867. The average Bonchev–Trinajstić information content (AvgIpc) is 2.96. The molecule has 1 aliphatic rings. The lowest BCUT2D eigenvalue weighted by atomic mass is 10.2. The highest BCUT2D eigenvalue weighted by Crippen LogP contribution is 2.26. The van der Waals surface area contributed by atoms with E-state index in [9.17, 15) is 4.79 Å². The zero-order chi connectivity index (χ0) is 17.1. The van der Waals surface area contributed by atoms with E-state index in [1.165, 1.54) is 0 Å². The Kier molecular flexibility index (Phi) is 4.53. The number of amides is 1. The van der Waals surface area contributed by atoms with Crippen LogP contribution in [0.4, 0.5) is 0 Å². The number of hydrogen-bond donors (Lipinski definition) is 1. The van der Waals surface area contributed by atoms with Crippen LogP contribution in [-0.4, -0.2) is 26.0 Å². The lowest BCUT2D eigenvalue weighted by Crippen LogP contribution is -2.24. The van der Waals surface area contributed by atoms with Crippen LogP contribution in [0.25, 0.3) is 6.08 Å². The molecule has 1 aliphatic heterocycles. The number of rotatable bonds is 4. The highest BCUT2D eigenvalue weighted by atomic mass is 35.5. The van der Waals surface area contributed by atoms with Crippen molar-refractivity contribution in [3.8, 4) is 11.5 Å². The van der Waals surface area contributed by atoms with Gasteiger partial charge in [0, 0.05) is 5.56 Å². The first kappa shape index (κ1) is 16.1. The molecule has 1 amide bonds. The first-order chi connectivity index (χ1) is 11.6. The number of amidine groups is 1. The lowest BCUT2D eigenvalue weighted by Gasteiger charge is -2.03. The Bertz CT molecular complexity index is 859. The summed E-state index contributed by atoms with van der Waals surface area (Å²) in [5.74, 6) is 1.50. The van der Waals surface area contributed by atoms with Crippen molar-refractivity contribution in [2.24, 2.45) is 4.99 Å². The number of hydrogen-bond acceptors (Lipinski definition) is 4. The van der Waals surface area contributed by atoms with E-state index < -0.39 is 0 Å². The van der Waals surface area contributed by atoms with E-state index in [1.54, 1.807) is 32.4 Å². The average molecular weight is 343 g/mol. The first-order valence-electron chi connectivity index (χ1n) is 7.20. The summed E-state index contributed by atoms with van der Waals surface area (Å²) in [7, 11) is 3.14. The molecule has 6 heteroatoms. The fourth-order valence-electron chi connectivity index (χ4n) is 2.31. The minimum atomic E-state index is -0.264. The van der Waals surface area contributed by atoms with Gasteiger partial charge in [-0.2, -0.15) is 0 Å². The van der Waals surface area contributed by atoms with Gasteiger partial charge in [0.1, 0.15) is 23.0 Å². The van der Waals surface area contributed by atoms with Gasteiger partial charge in [-0.3, -0.25) is 4.79 Å². The van der Waals surface area contributed by atoms with E-state index in [0.29, 0.717) is 28.1 Å². The third-order valence-electron chi connectivity index (χ3n) is 3.52. The Hall–Kier alpha value is -2.79. The molecule has 0 fully saturated rings. The number of nitrogens with zero attached hydrogens (tertiary/aromatic N) is 1. The number of ether oxygens (including phenoxy) is 2. The van der Waals surface area contributed by atoms with Gasteiger partial charge >= 0.3 is 0 Å². The molecule has 2 aromatic rings. The standard InChI is InChI=1S/C18H15ClN2O3/c1-23-13-5-3-4-12(10-13)17-20-15(18(22)21-17)9-11-6-7-16(24-2)14(19)8-11/h3-10H,1-2H3,(H,20,21,22)/b15-9+. The van der Waals surface area contributed by atoms with E-state index in [4.69, 9.17) is 21.1 Å². The highest BCUT2D eigenvalue weighted by Gasteiger charge is 2.21. The lowest BCUT2D eigenvalue weighted by molar-refractivity contribution is -0.115. The van der Waals surface area contributed by atoms with Gasteiger partial charge in [-0.05, 0) is 35.9 Å². The number of aliphatic imine (C=N–C) groups is 1. The maximum atomic E-state index is 12.1. The molecule has 122 valence electrons. The van der Waals surface area contributed by atoms with Crippen LogP contribution < -0.4 is 14.8 Å². The molecule has 0 saturated carbocycles. The molecular weight excluding hydrogens is 328 g/mol. The Morgan fingerprint density at radius 2 is 1.96 bits per heavy atom. The van der Waals surface area contributed by atoms with Crippen LogP contribution in [-0.2, 0) is 4.79 Å². The number of halogens is 1. The summed E-state index contributed by atoms with van der Waals surface area (Å²) in [6, 6.07) is 12.6. The molecule has 0 saturated heterocycles.